The van der Waals surface area contributed by atoms with E-state index in [0.717, 1.165) is 17.1 Å². The van der Waals surface area contributed by atoms with E-state index in [1.54, 1.807) is 0 Å². The molecule has 0 amide bonds. The summed E-state index contributed by atoms with van der Waals surface area (Å²) >= 11 is 0. The van der Waals surface area contributed by atoms with E-state index in [-0.39, 0.29) is 11.8 Å². The van der Waals surface area contributed by atoms with Gasteiger partial charge in [-0.15, -0.1) is 5.06 Å². The van der Waals surface area contributed by atoms with Crippen molar-refractivity contribution in [2.75, 3.05) is 6.79 Å². The van der Waals surface area contributed by atoms with Gasteiger partial charge in [0, 0.05) is 11.1 Å². The maximum absolute atomic E-state index is 5.56. The van der Waals surface area contributed by atoms with Crippen molar-refractivity contribution < 1.29 is 14.3 Å². The zero-order chi connectivity index (χ0) is 11.3. The number of hydroxylamine groups is 2. The molecule has 2 atom stereocenters. The van der Waals surface area contributed by atoms with Gasteiger partial charge in [0.15, 0.2) is 17.7 Å². The normalized spacial score (nSPS) is 26.9. The molecule has 0 aliphatic carbocycles. The maximum atomic E-state index is 5.56. The molecule has 2 heterocycles. The number of fused-ring (bicyclic) bond motifs is 1. The molecule has 86 valence electrons. The van der Waals surface area contributed by atoms with E-state index < -0.39 is 0 Å². The van der Waals surface area contributed by atoms with Gasteiger partial charge in [0.2, 0.25) is 6.79 Å². The van der Waals surface area contributed by atoms with Crippen LogP contribution < -0.4 is 9.47 Å². The zero-order valence-corrected chi connectivity index (χ0v) is 9.69. The van der Waals surface area contributed by atoms with Gasteiger partial charge in [-0.25, -0.2) is 0 Å². The Hall–Kier alpha value is -1.26. The van der Waals surface area contributed by atoms with Crippen LogP contribution in [0, 0.1) is 0 Å². The first-order valence-electron chi connectivity index (χ1n) is 5.41. The Morgan fingerprint density at radius 3 is 2.62 bits per heavy atom. The van der Waals surface area contributed by atoms with Crippen molar-refractivity contribution in [1.82, 2.24) is 5.06 Å². The van der Waals surface area contributed by atoms with Crippen molar-refractivity contribution in [3.05, 3.63) is 23.8 Å². The zero-order valence-electron chi connectivity index (χ0n) is 9.69. The van der Waals surface area contributed by atoms with Crippen LogP contribution in [-0.2, 0) is 4.84 Å². The largest absolute Gasteiger partial charge is 0.454 e. The third kappa shape index (κ3) is 1.54. The summed E-state index contributed by atoms with van der Waals surface area (Å²) in [7, 11) is 0. The first kappa shape index (κ1) is 9.93. The average molecular weight is 221 g/mol. The molecular weight excluding hydrogens is 206 g/mol. The Labute approximate surface area is 94.7 Å². The van der Waals surface area contributed by atoms with Crippen LogP contribution >= 0.6 is 0 Å². The molecule has 2 aliphatic heterocycles. The fourth-order valence-electron chi connectivity index (χ4n) is 1.85. The molecular formula is C12H15NO3. The van der Waals surface area contributed by atoms with Crippen molar-refractivity contribution in [2.45, 2.75) is 32.5 Å². The summed E-state index contributed by atoms with van der Waals surface area (Å²) in [5, 5.41) is 1.98. The molecule has 4 nitrogen and oxygen atoms in total. The van der Waals surface area contributed by atoms with Crippen LogP contribution in [0.4, 0.5) is 0 Å². The SMILES string of the molecule is CC(C)(C)N1O[C@@H]1c1ccc2c(c1)OCO2. The van der Waals surface area contributed by atoms with Crippen LogP contribution in [0.5, 0.6) is 11.5 Å². The molecule has 3 rings (SSSR count). The second-order valence-corrected chi connectivity index (χ2v) is 5.07. The third-order valence-corrected chi connectivity index (χ3v) is 2.72. The molecule has 1 unspecified atom stereocenters. The summed E-state index contributed by atoms with van der Waals surface area (Å²) < 4.78 is 10.6. The predicted molar refractivity (Wildman–Crippen MR) is 58.0 cm³/mol. The molecule has 0 aromatic heterocycles. The lowest BCUT2D eigenvalue weighted by Crippen LogP contribution is -2.25. The molecule has 0 radical (unpaired) electrons. The maximum Gasteiger partial charge on any atom is 0.231 e. The minimum atomic E-state index is 0.0288. The number of rotatable bonds is 1. The lowest BCUT2D eigenvalue weighted by Gasteiger charge is -2.16. The monoisotopic (exact) mass is 221 g/mol. The fraction of sp³-hybridized carbons (Fsp3) is 0.500. The van der Waals surface area contributed by atoms with Gasteiger partial charge in [-0.1, -0.05) is 6.07 Å². The Morgan fingerprint density at radius 2 is 1.94 bits per heavy atom. The Bertz CT molecular complexity index is 425. The highest BCUT2D eigenvalue weighted by Crippen LogP contribution is 2.45. The number of nitrogens with zero attached hydrogens (tertiary/aromatic N) is 1. The highest BCUT2D eigenvalue weighted by molar-refractivity contribution is 5.45. The second kappa shape index (κ2) is 3.12. The molecule has 1 aromatic carbocycles. The van der Waals surface area contributed by atoms with E-state index in [9.17, 15) is 0 Å². The van der Waals surface area contributed by atoms with Gasteiger partial charge in [-0.2, -0.15) is 0 Å². The van der Waals surface area contributed by atoms with Gasteiger partial charge >= 0.3 is 0 Å². The molecule has 0 saturated carbocycles. The van der Waals surface area contributed by atoms with Gasteiger partial charge < -0.3 is 9.47 Å². The number of benzene rings is 1. The number of hydrogen-bond acceptors (Lipinski definition) is 4. The summed E-state index contributed by atoms with van der Waals surface area (Å²) in [5.74, 6) is 1.62. The van der Waals surface area contributed by atoms with Crippen LogP contribution in [0.15, 0.2) is 18.2 Å². The molecule has 1 aromatic rings. The summed E-state index contributed by atoms with van der Waals surface area (Å²) in [6.07, 6.45) is 0.0505. The van der Waals surface area contributed by atoms with E-state index in [1.165, 1.54) is 0 Å². The van der Waals surface area contributed by atoms with Gasteiger partial charge in [0.25, 0.3) is 0 Å². The minimum Gasteiger partial charge on any atom is -0.454 e. The first-order valence-corrected chi connectivity index (χ1v) is 5.41. The molecule has 2 aliphatic rings. The van der Waals surface area contributed by atoms with Crippen LogP contribution in [0.25, 0.3) is 0 Å². The highest BCUT2D eigenvalue weighted by atomic mass is 16.8. The van der Waals surface area contributed by atoms with E-state index >= 15 is 0 Å². The predicted octanol–water partition coefficient (Wildman–Crippen LogP) is 2.46. The smallest absolute Gasteiger partial charge is 0.231 e. The molecule has 0 bridgehead atoms. The standard InChI is InChI=1S/C12H15NO3/c1-12(2,3)13-11(16-13)8-4-5-9-10(6-8)15-7-14-9/h4-6,11H,7H2,1-3H3/t11-,13?/m1/s1. The van der Waals surface area contributed by atoms with E-state index in [0.29, 0.717) is 6.79 Å². The summed E-state index contributed by atoms with van der Waals surface area (Å²) in [5.41, 5.74) is 1.14. The van der Waals surface area contributed by atoms with E-state index in [1.807, 2.05) is 23.3 Å². The van der Waals surface area contributed by atoms with Gasteiger partial charge in [-0.3, -0.25) is 4.84 Å². The second-order valence-electron chi connectivity index (χ2n) is 5.07. The highest BCUT2D eigenvalue weighted by Gasteiger charge is 2.46. The molecule has 16 heavy (non-hydrogen) atoms. The topological polar surface area (TPSA) is 34.0 Å². The van der Waals surface area contributed by atoms with Crippen molar-refractivity contribution in [1.29, 1.82) is 0 Å². The van der Waals surface area contributed by atoms with Crippen molar-refractivity contribution in [3.8, 4) is 11.5 Å². The summed E-state index contributed by atoms with van der Waals surface area (Å²) in [6.45, 7) is 6.69. The fourth-order valence-corrected chi connectivity index (χ4v) is 1.85. The van der Waals surface area contributed by atoms with E-state index in [4.69, 9.17) is 14.3 Å². The molecule has 1 fully saturated rings. The van der Waals surface area contributed by atoms with Crippen LogP contribution in [-0.4, -0.2) is 17.4 Å². The first-order chi connectivity index (χ1) is 7.55. The van der Waals surface area contributed by atoms with Crippen LogP contribution in [0.1, 0.15) is 32.6 Å². The van der Waals surface area contributed by atoms with E-state index in [2.05, 4.69) is 20.8 Å². The van der Waals surface area contributed by atoms with Gasteiger partial charge in [0.05, 0.1) is 0 Å². The quantitative estimate of drug-likeness (QED) is 0.682. The molecule has 1 saturated heterocycles. The Balaban J connectivity index is 1.82. The molecule has 0 N–H and O–H groups in total. The third-order valence-electron chi connectivity index (χ3n) is 2.72. The van der Waals surface area contributed by atoms with Crippen molar-refractivity contribution >= 4 is 0 Å². The summed E-state index contributed by atoms with van der Waals surface area (Å²) in [4.78, 5) is 5.56. The number of hydrogen-bond donors (Lipinski definition) is 0. The summed E-state index contributed by atoms with van der Waals surface area (Å²) in [6, 6.07) is 5.93. The van der Waals surface area contributed by atoms with Crippen LogP contribution in [0.3, 0.4) is 0 Å². The van der Waals surface area contributed by atoms with Gasteiger partial charge in [0.1, 0.15) is 0 Å². The Kier molecular flexibility index (Phi) is 1.94. The molecule has 0 spiro atoms. The Morgan fingerprint density at radius 1 is 1.19 bits per heavy atom. The van der Waals surface area contributed by atoms with Crippen LogP contribution in [0.2, 0.25) is 0 Å². The van der Waals surface area contributed by atoms with Crippen molar-refractivity contribution in [3.63, 3.8) is 0 Å². The lowest BCUT2D eigenvalue weighted by molar-refractivity contribution is 0.101. The minimum absolute atomic E-state index is 0.0288. The average Bonchev–Trinajstić information content (AvgIpc) is 2.89. The van der Waals surface area contributed by atoms with Gasteiger partial charge in [-0.05, 0) is 32.9 Å². The van der Waals surface area contributed by atoms with Crippen molar-refractivity contribution in [2.24, 2.45) is 0 Å². The molecule has 4 heteroatoms. The lowest BCUT2D eigenvalue weighted by atomic mass is 10.1. The number of ether oxygens (including phenoxy) is 2.